The van der Waals surface area contributed by atoms with Crippen molar-refractivity contribution >= 4 is 17.5 Å². The van der Waals surface area contributed by atoms with E-state index < -0.39 is 0 Å². The zero-order valence-electron chi connectivity index (χ0n) is 12.8. The zero-order valence-corrected chi connectivity index (χ0v) is 12.8. The number of hydrogen-bond acceptors (Lipinski definition) is 4. The molecule has 1 atom stereocenters. The number of pyridine rings is 1. The van der Waals surface area contributed by atoms with Gasteiger partial charge in [-0.05, 0) is 26.3 Å². The minimum atomic E-state index is -0.147. The molecule has 0 aromatic carbocycles. The number of rotatable bonds is 4. The number of likely N-dealkylation sites (N-methyl/N-ethyl adjacent to an activating group) is 1. The highest BCUT2D eigenvalue weighted by Crippen LogP contribution is 2.17. The summed E-state index contributed by atoms with van der Waals surface area (Å²) in [4.78, 5) is 29.7. The van der Waals surface area contributed by atoms with Gasteiger partial charge in [0.2, 0.25) is 5.91 Å². The van der Waals surface area contributed by atoms with Crippen molar-refractivity contribution in [3.63, 3.8) is 0 Å². The lowest BCUT2D eigenvalue weighted by Gasteiger charge is -2.30. The van der Waals surface area contributed by atoms with E-state index in [2.05, 4.69) is 15.6 Å². The molecule has 2 N–H and O–H groups in total. The molecular formula is C15H22N4O2. The minimum absolute atomic E-state index is 0.00372. The van der Waals surface area contributed by atoms with Crippen molar-refractivity contribution in [3.8, 4) is 0 Å². The Morgan fingerprint density at radius 3 is 2.95 bits per heavy atom. The van der Waals surface area contributed by atoms with Crippen LogP contribution in [0.3, 0.4) is 0 Å². The van der Waals surface area contributed by atoms with E-state index in [1.807, 2.05) is 19.9 Å². The molecule has 0 spiro atoms. The SMILES string of the molecule is CCNc1cc(C)ncc1C(=O)NC1CCC(=O)N(C)C1. The molecule has 2 rings (SSSR count). The van der Waals surface area contributed by atoms with E-state index in [9.17, 15) is 9.59 Å². The highest BCUT2D eigenvalue weighted by Gasteiger charge is 2.25. The maximum atomic E-state index is 12.4. The monoisotopic (exact) mass is 290 g/mol. The van der Waals surface area contributed by atoms with Crippen molar-refractivity contribution in [2.75, 3.05) is 25.5 Å². The third-order valence-electron chi connectivity index (χ3n) is 3.61. The van der Waals surface area contributed by atoms with Crippen molar-refractivity contribution in [1.82, 2.24) is 15.2 Å². The Balaban J connectivity index is 2.08. The fraction of sp³-hybridized carbons (Fsp3) is 0.533. The summed E-state index contributed by atoms with van der Waals surface area (Å²) in [6, 6.07) is 1.87. The van der Waals surface area contributed by atoms with E-state index in [-0.39, 0.29) is 17.9 Å². The Morgan fingerprint density at radius 2 is 2.29 bits per heavy atom. The van der Waals surface area contributed by atoms with Gasteiger partial charge in [-0.1, -0.05) is 0 Å². The average molecular weight is 290 g/mol. The maximum Gasteiger partial charge on any atom is 0.255 e. The van der Waals surface area contributed by atoms with E-state index in [4.69, 9.17) is 0 Å². The summed E-state index contributed by atoms with van der Waals surface area (Å²) < 4.78 is 0. The first kappa shape index (κ1) is 15.3. The molecule has 21 heavy (non-hydrogen) atoms. The van der Waals surface area contributed by atoms with Gasteiger partial charge in [-0.25, -0.2) is 0 Å². The Hall–Kier alpha value is -2.11. The number of nitrogens with one attached hydrogen (secondary N) is 2. The van der Waals surface area contributed by atoms with Gasteiger partial charge in [0.05, 0.1) is 11.3 Å². The van der Waals surface area contributed by atoms with Crippen LogP contribution in [0.4, 0.5) is 5.69 Å². The second-order valence-corrected chi connectivity index (χ2v) is 5.38. The van der Waals surface area contributed by atoms with Gasteiger partial charge < -0.3 is 15.5 Å². The number of aryl methyl sites for hydroxylation is 1. The van der Waals surface area contributed by atoms with E-state index in [0.29, 0.717) is 24.9 Å². The number of carbonyl (C=O) groups is 2. The van der Waals surface area contributed by atoms with Crippen LogP contribution in [0, 0.1) is 6.92 Å². The number of likely N-dealkylation sites (tertiary alicyclic amines) is 1. The quantitative estimate of drug-likeness (QED) is 0.873. The summed E-state index contributed by atoms with van der Waals surface area (Å²) in [5.74, 6) is -0.0166. The lowest BCUT2D eigenvalue weighted by atomic mass is 10.0. The van der Waals surface area contributed by atoms with Gasteiger partial charge in [0.25, 0.3) is 5.91 Å². The standard InChI is InChI=1S/C15H22N4O2/c1-4-16-13-7-10(2)17-8-12(13)15(21)18-11-5-6-14(20)19(3)9-11/h7-8,11H,4-6,9H2,1-3H3,(H,16,17)(H,18,21). The third-order valence-corrected chi connectivity index (χ3v) is 3.61. The lowest BCUT2D eigenvalue weighted by molar-refractivity contribution is -0.132. The summed E-state index contributed by atoms with van der Waals surface area (Å²) in [5.41, 5.74) is 2.20. The molecule has 1 aromatic heterocycles. The normalized spacial score (nSPS) is 18.5. The largest absolute Gasteiger partial charge is 0.385 e. The van der Waals surface area contributed by atoms with Crippen LogP contribution in [-0.4, -0.2) is 47.9 Å². The number of nitrogens with zero attached hydrogens (tertiary/aromatic N) is 2. The van der Waals surface area contributed by atoms with Crippen molar-refractivity contribution in [3.05, 3.63) is 23.5 Å². The fourth-order valence-electron chi connectivity index (χ4n) is 2.47. The fourth-order valence-corrected chi connectivity index (χ4v) is 2.47. The second-order valence-electron chi connectivity index (χ2n) is 5.38. The Bertz CT molecular complexity index is 544. The first-order valence-corrected chi connectivity index (χ1v) is 7.26. The molecule has 0 saturated carbocycles. The van der Waals surface area contributed by atoms with Crippen LogP contribution >= 0.6 is 0 Å². The summed E-state index contributed by atoms with van der Waals surface area (Å²) in [6.07, 6.45) is 2.76. The molecule has 114 valence electrons. The molecule has 1 saturated heterocycles. The Morgan fingerprint density at radius 1 is 1.52 bits per heavy atom. The maximum absolute atomic E-state index is 12.4. The molecular weight excluding hydrogens is 268 g/mol. The lowest BCUT2D eigenvalue weighted by Crippen LogP contribution is -2.48. The van der Waals surface area contributed by atoms with Crippen LogP contribution in [0.15, 0.2) is 12.3 Å². The van der Waals surface area contributed by atoms with Crippen LogP contribution < -0.4 is 10.6 Å². The van der Waals surface area contributed by atoms with Crippen LogP contribution in [-0.2, 0) is 4.79 Å². The molecule has 2 heterocycles. The highest BCUT2D eigenvalue weighted by atomic mass is 16.2. The topological polar surface area (TPSA) is 74.3 Å². The number of aromatic nitrogens is 1. The van der Waals surface area contributed by atoms with Crippen LogP contribution in [0.1, 0.15) is 35.8 Å². The average Bonchev–Trinajstić information content (AvgIpc) is 2.43. The third kappa shape index (κ3) is 3.71. The summed E-state index contributed by atoms with van der Waals surface area (Å²) in [6.45, 7) is 5.17. The van der Waals surface area contributed by atoms with Crippen molar-refractivity contribution in [2.24, 2.45) is 0 Å². The van der Waals surface area contributed by atoms with Gasteiger partial charge in [-0.2, -0.15) is 0 Å². The van der Waals surface area contributed by atoms with Gasteiger partial charge in [-0.15, -0.1) is 0 Å². The van der Waals surface area contributed by atoms with E-state index in [1.165, 1.54) is 0 Å². The molecule has 6 nitrogen and oxygen atoms in total. The number of hydrogen-bond donors (Lipinski definition) is 2. The van der Waals surface area contributed by atoms with Crippen molar-refractivity contribution in [1.29, 1.82) is 0 Å². The number of carbonyl (C=O) groups excluding carboxylic acids is 2. The Labute approximate surface area is 124 Å². The highest BCUT2D eigenvalue weighted by molar-refractivity contribution is 5.99. The number of anilines is 1. The van der Waals surface area contributed by atoms with Gasteiger partial charge in [0, 0.05) is 44.5 Å². The van der Waals surface area contributed by atoms with Crippen LogP contribution in [0.2, 0.25) is 0 Å². The zero-order chi connectivity index (χ0) is 15.4. The first-order valence-electron chi connectivity index (χ1n) is 7.26. The predicted octanol–water partition coefficient (Wildman–Crippen LogP) is 1.17. The van der Waals surface area contributed by atoms with Crippen molar-refractivity contribution in [2.45, 2.75) is 32.7 Å². The molecule has 1 unspecified atom stereocenters. The molecule has 0 radical (unpaired) electrons. The first-order chi connectivity index (χ1) is 10.0. The minimum Gasteiger partial charge on any atom is -0.385 e. The summed E-state index contributed by atoms with van der Waals surface area (Å²) in [5, 5.41) is 6.18. The van der Waals surface area contributed by atoms with Gasteiger partial charge in [-0.3, -0.25) is 14.6 Å². The molecule has 1 fully saturated rings. The molecule has 1 aliphatic heterocycles. The van der Waals surface area contributed by atoms with Crippen LogP contribution in [0.5, 0.6) is 0 Å². The molecule has 0 aliphatic carbocycles. The number of amides is 2. The van der Waals surface area contributed by atoms with E-state index in [1.54, 1.807) is 18.1 Å². The van der Waals surface area contributed by atoms with Gasteiger partial charge >= 0.3 is 0 Å². The smallest absolute Gasteiger partial charge is 0.255 e. The van der Waals surface area contributed by atoms with Gasteiger partial charge in [0.1, 0.15) is 0 Å². The van der Waals surface area contributed by atoms with Gasteiger partial charge in [0.15, 0.2) is 0 Å². The Kier molecular flexibility index (Phi) is 4.77. The summed E-state index contributed by atoms with van der Waals surface area (Å²) >= 11 is 0. The van der Waals surface area contributed by atoms with Crippen molar-refractivity contribution < 1.29 is 9.59 Å². The van der Waals surface area contributed by atoms with Crippen LogP contribution in [0.25, 0.3) is 0 Å². The summed E-state index contributed by atoms with van der Waals surface area (Å²) in [7, 11) is 1.76. The molecule has 2 amide bonds. The van der Waals surface area contributed by atoms with E-state index in [0.717, 1.165) is 17.9 Å². The molecule has 6 heteroatoms. The molecule has 1 aromatic rings. The second kappa shape index (κ2) is 6.56. The number of piperidine rings is 1. The van der Waals surface area contributed by atoms with E-state index >= 15 is 0 Å². The molecule has 1 aliphatic rings. The molecule has 0 bridgehead atoms. The predicted molar refractivity (Wildman–Crippen MR) is 81.3 cm³/mol.